The molecule has 5 aromatic rings. The van der Waals surface area contributed by atoms with E-state index >= 15 is 0 Å². The maximum Gasteiger partial charge on any atom is 0.135 e. The van der Waals surface area contributed by atoms with Crippen LogP contribution in [0.3, 0.4) is 0 Å². The number of rotatable bonds is 4. The largest absolute Gasteiger partial charge is 0.135 e. The Balaban J connectivity index is 1.80. The van der Waals surface area contributed by atoms with Gasteiger partial charge >= 0.3 is 0 Å². The van der Waals surface area contributed by atoms with Crippen LogP contribution in [-0.4, -0.2) is 0 Å². The maximum atomic E-state index is 2.43. The second-order valence-electron chi connectivity index (χ2n) is 8.81. The van der Waals surface area contributed by atoms with E-state index < -0.39 is 7.26 Å². The lowest BCUT2D eigenvalue weighted by atomic mass is 10.0. The highest BCUT2D eigenvalue weighted by molar-refractivity contribution is 7.96. The molecule has 0 bridgehead atoms. The van der Waals surface area contributed by atoms with E-state index in [0.29, 0.717) is 0 Å². The first-order valence-corrected chi connectivity index (χ1v) is 13.4. The smallest absolute Gasteiger partial charge is 0.0620 e. The molecule has 1 heteroatoms. The molecular formula is C32H26P+. The minimum Gasteiger partial charge on any atom is -0.0620 e. The van der Waals surface area contributed by atoms with Gasteiger partial charge in [-0.15, -0.1) is 0 Å². The third-order valence-corrected chi connectivity index (χ3v) is 11.6. The zero-order chi connectivity index (χ0) is 22.3. The first-order valence-electron chi connectivity index (χ1n) is 11.6. The molecule has 1 atom stereocenters. The quantitative estimate of drug-likeness (QED) is 0.262. The minimum absolute atomic E-state index is 0.274. The highest BCUT2D eigenvalue weighted by Gasteiger charge is 2.56. The van der Waals surface area contributed by atoms with Gasteiger partial charge in [0.25, 0.3) is 0 Å². The van der Waals surface area contributed by atoms with Crippen molar-refractivity contribution in [2.24, 2.45) is 0 Å². The van der Waals surface area contributed by atoms with E-state index in [9.17, 15) is 0 Å². The Morgan fingerprint density at radius 3 is 1.45 bits per heavy atom. The number of hydrogen-bond donors (Lipinski definition) is 0. The van der Waals surface area contributed by atoms with Crippen molar-refractivity contribution in [2.45, 2.75) is 12.6 Å². The maximum absolute atomic E-state index is 2.43. The summed E-state index contributed by atoms with van der Waals surface area (Å²) in [5, 5.41) is 4.28. The van der Waals surface area contributed by atoms with Gasteiger partial charge in [0, 0.05) is 11.1 Å². The molecule has 0 fully saturated rings. The third-order valence-electron chi connectivity index (χ3n) is 6.92. The first-order chi connectivity index (χ1) is 16.3. The summed E-state index contributed by atoms with van der Waals surface area (Å²) in [6.07, 6.45) is 0. The Kier molecular flexibility index (Phi) is 4.97. The summed E-state index contributed by atoms with van der Waals surface area (Å²) in [6, 6.07) is 49.8. The molecule has 0 nitrogen and oxygen atoms in total. The predicted octanol–water partition coefficient (Wildman–Crippen LogP) is 7.06. The van der Waals surface area contributed by atoms with Crippen LogP contribution in [-0.2, 0) is 0 Å². The predicted molar refractivity (Wildman–Crippen MR) is 144 cm³/mol. The Hall–Kier alpha value is -3.47. The van der Waals surface area contributed by atoms with Crippen molar-refractivity contribution in [2.75, 3.05) is 0 Å². The Bertz CT molecular complexity index is 1310. The molecular weight excluding hydrogens is 415 g/mol. The Morgan fingerprint density at radius 1 is 0.455 bits per heavy atom. The van der Waals surface area contributed by atoms with Crippen molar-refractivity contribution in [1.82, 2.24) is 0 Å². The fraction of sp³-hybridized carbons (Fsp3) is 0.0625. The summed E-state index contributed by atoms with van der Waals surface area (Å²) in [7, 11) is -2.09. The lowest BCUT2D eigenvalue weighted by molar-refractivity contribution is 1.18. The standard InChI is InChI=1S/C32H26P/c1-24-21-22-29-28-19-11-12-20-30(28)32(31(29)23-24)33(25-13-5-2-6-14-25,26-15-7-3-8-16-26)27-17-9-4-10-18-27/h2-23,32H,1H3/q+1. The fourth-order valence-electron chi connectivity index (χ4n) is 5.60. The Labute approximate surface area is 196 Å². The molecule has 0 saturated heterocycles. The van der Waals surface area contributed by atoms with Crippen molar-refractivity contribution in [3.8, 4) is 11.1 Å². The molecule has 0 amide bonds. The van der Waals surface area contributed by atoms with Gasteiger partial charge in [0.15, 0.2) is 0 Å². The van der Waals surface area contributed by atoms with E-state index in [2.05, 4.69) is 140 Å². The number of aryl methyl sites for hydroxylation is 1. The van der Waals surface area contributed by atoms with Gasteiger partial charge in [0.05, 0.1) is 0 Å². The van der Waals surface area contributed by atoms with Gasteiger partial charge in [0.1, 0.15) is 28.8 Å². The summed E-state index contributed by atoms with van der Waals surface area (Å²) in [4.78, 5) is 0. The van der Waals surface area contributed by atoms with E-state index in [1.54, 1.807) is 0 Å². The molecule has 0 heterocycles. The van der Waals surface area contributed by atoms with E-state index in [1.165, 1.54) is 43.7 Å². The van der Waals surface area contributed by atoms with Crippen LogP contribution in [0.4, 0.5) is 0 Å². The van der Waals surface area contributed by atoms with E-state index in [-0.39, 0.29) is 5.66 Å². The van der Waals surface area contributed by atoms with Gasteiger partial charge < -0.3 is 0 Å². The van der Waals surface area contributed by atoms with Crippen LogP contribution >= 0.6 is 7.26 Å². The molecule has 158 valence electrons. The highest BCUT2D eigenvalue weighted by Crippen LogP contribution is 2.72. The molecule has 0 saturated carbocycles. The average Bonchev–Trinajstić information content (AvgIpc) is 3.20. The second kappa shape index (κ2) is 8.14. The monoisotopic (exact) mass is 441 g/mol. The lowest BCUT2D eigenvalue weighted by Gasteiger charge is -2.34. The van der Waals surface area contributed by atoms with Crippen LogP contribution in [0.15, 0.2) is 133 Å². The zero-order valence-corrected chi connectivity index (χ0v) is 19.6. The lowest BCUT2D eigenvalue weighted by Crippen LogP contribution is -2.35. The SMILES string of the molecule is Cc1ccc2c(c1)C([P+](c1ccccc1)(c1ccccc1)c1ccccc1)c1ccccc1-2. The molecule has 0 radical (unpaired) electrons. The summed E-state index contributed by atoms with van der Waals surface area (Å²) in [5.41, 5.74) is 7.26. The summed E-state index contributed by atoms with van der Waals surface area (Å²) >= 11 is 0. The molecule has 1 unspecified atom stereocenters. The van der Waals surface area contributed by atoms with Crippen LogP contribution in [0.2, 0.25) is 0 Å². The van der Waals surface area contributed by atoms with Crippen LogP contribution in [0, 0.1) is 6.92 Å². The fourth-order valence-corrected chi connectivity index (χ4v) is 10.6. The molecule has 0 aromatic heterocycles. The van der Waals surface area contributed by atoms with Gasteiger partial charge in [0.2, 0.25) is 0 Å². The molecule has 0 N–H and O–H groups in total. The Morgan fingerprint density at radius 2 is 0.909 bits per heavy atom. The van der Waals surface area contributed by atoms with Gasteiger partial charge in [-0.1, -0.05) is 103 Å². The average molecular weight is 442 g/mol. The van der Waals surface area contributed by atoms with Crippen LogP contribution in [0.5, 0.6) is 0 Å². The van der Waals surface area contributed by atoms with Crippen molar-refractivity contribution < 1.29 is 0 Å². The molecule has 1 aliphatic carbocycles. The van der Waals surface area contributed by atoms with Crippen LogP contribution in [0.25, 0.3) is 11.1 Å². The van der Waals surface area contributed by atoms with Gasteiger partial charge in [-0.05, 0) is 54.4 Å². The van der Waals surface area contributed by atoms with Crippen LogP contribution < -0.4 is 15.9 Å². The topological polar surface area (TPSA) is 0 Å². The van der Waals surface area contributed by atoms with Crippen molar-refractivity contribution >= 4 is 23.2 Å². The molecule has 1 aliphatic rings. The number of benzene rings is 5. The van der Waals surface area contributed by atoms with Crippen molar-refractivity contribution in [3.05, 3.63) is 150 Å². The van der Waals surface area contributed by atoms with E-state index in [0.717, 1.165) is 0 Å². The zero-order valence-electron chi connectivity index (χ0n) is 18.7. The first kappa shape index (κ1) is 20.2. The minimum atomic E-state index is -2.09. The molecule has 5 aromatic carbocycles. The summed E-state index contributed by atoms with van der Waals surface area (Å²) in [5.74, 6) is 0. The summed E-state index contributed by atoms with van der Waals surface area (Å²) in [6.45, 7) is 2.22. The molecule has 0 spiro atoms. The van der Waals surface area contributed by atoms with Gasteiger partial charge in [-0.2, -0.15) is 0 Å². The number of fused-ring (bicyclic) bond motifs is 3. The van der Waals surface area contributed by atoms with E-state index in [1.807, 2.05) is 0 Å². The molecule has 33 heavy (non-hydrogen) atoms. The normalized spacial score (nSPS) is 14.5. The highest BCUT2D eigenvalue weighted by atomic mass is 31.2. The van der Waals surface area contributed by atoms with Crippen LogP contribution in [0.1, 0.15) is 22.3 Å². The second-order valence-corrected chi connectivity index (χ2v) is 12.3. The van der Waals surface area contributed by atoms with Gasteiger partial charge in [-0.3, -0.25) is 0 Å². The number of hydrogen-bond acceptors (Lipinski definition) is 0. The van der Waals surface area contributed by atoms with Crippen molar-refractivity contribution in [3.63, 3.8) is 0 Å². The van der Waals surface area contributed by atoms with E-state index in [4.69, 9.17) is 0 Å². The molecule has 0 aliphatic heterocycles. The third kappa shape index (κ3) is 3.10. The van der Waals surface area contributed by atoms with Crippen molar-refractivity contribution in [1.29, 1.82) is 0 Å². The summed E-state index contributed by atoms with van der Waals surface area (Å²) < 4.78 is 0. The molecule has 6 rings (SSSR count). The van der Waals surface area contributed by atoms with Gasteiger partial charge in [-0.25, -0.2) is 0 Å².